The van der Waals surface area contributed by atoms with Gasteiger partial charge in [0, 0.05) is 18.8 Å². The van der Waals surface area contributed by atoms with E-state index in [0.717, 1.165) is 12.8 Å². The Morgan fingerprint density at radius 2 is 2.14 bits per heavy atom. The van der Waals surface area contributed by atoms with Crippen molar-refractivity contribution in [1.82, 2.24) is 15.1 Å². The van der Waals surface area contributed by atoms with Crippen molar-refractivity contribution in [3.8, 4) is 5.69 Å². The van der Waals surface area contributed by atoms with Crippen LogP contribution in [-0.4, -0.2) is 28.3 Å². The summed E-state index contributed by atoms with van der Waals surface area (Å²) >= 11 is 0. The number of carbonyl (C=O) groups excluding carboxylic acids is 1. The monoisotopic (exact) mass is 324 g/mol. The molecule has 1 aliphatic rings. The Balaban J connectivity index is 0.00000176. The van der Waals surface area contributed by atoms with Crippen LogP contribution >= 0.6 is 12.4 Å². The van der Waals surface area contributed by atoms with Gasteiger partial charge in [0.15, 0.2) is 5.69 Å². The lowest BCUT2D eigenvalue weighted by molar-refractivity contribution is 0.0945. The molecule has 7 heteroatoms. The quantitative estimate of drug-likeness (QED) is 0.882. The first-order valence-electron chi connectivity index (χ1n) is 6.99. The number of nitrogens with zero attached hydrogens (tertiary/aromatic N) is 2. The van der Waals surface area contributed by atoms with Gasteiger partial charge >= 0.3 is 0 Å². The lowest BCUT2D eigenvalue weighted by atomic mass is 10.2. The van der Waals surface area contributed by atoms with Crippen molar-refractivity contribution in [3.63, 3.8) is 0 Å². The molecule has 5 nitrogen and oxygen atoms in total. The predicted molar refractivity (Wildman–Crippen MR) is 83.8 cm³/mol. The fourth-order valence-corrected chi connectivity index (χ4v) is 2.21. The van der Waals surface area contributed by atoms with E-state index in [0.29, 0.717) is 18.2 Å². The third-order valence-corrected chi connectivity index (χ3v) is 3.65. The number of para-hydroxylation sites is 1. The van der Waals surface area contributed by atoms with Crippen LogP contribution in [0.1, 0.15) is 23.3 Å². The van der Waals surface area contributed by atoms with E-state index in [9.17, 15) is 9.18 Å². The average molecular weight is 325 g/mol. The number of hydrogen-bond acceptors (Lipinski definition) is 3. The van der Waals surface area contributed by atoms with Gasteiger partial charge in [-0.3, -0.25) is 4.79 Å². The van der Waals surface area contributed by atoms with E-state index in [4.69, 9.17) is 5.73 Å². The summed E-state index contributed by atoms with van der Waals surface area (Å²) in [5, 5.41) is 6.87. The molecule has 0 spiro atoms. The zero-order valence-corrected chi connectivity index (χ0v) is 12.7. The molecule has 0 saturated heterocycles. The van der Waals surface area contributed by atoms with Gasteiger partial charge in [-0.15, -0.1) is 12.4 Å². The number of halogens is 2. The fourth-order valence-electron chi connectivity index (χ4n) is 2.21. The van der Waals surface area contributed by atoms with E-state index in [1.165, 1.54) is 10.7 Å². The number of amides is 1. The average Bonchev–Trinajstić information content (AvgIpc) is 3.23. The summed E-state index contributed by atoms with van der Waals surface area (Å²) in [6.45, 7) is 0.441. The maximum absolute atomic E-state index is 13.7. The molecule has 0 aliphatic heterocycles. The van der Waals surface area contributed by atoms with Crippen LogP contribution in [-0.2, 0) is 0 Å². The molecular formula is C15H18ClFN4O. The SMILES string of the molecule is Cl.NC(CNC(=O)c1ccn(-c2ccccc2F)n1)C1CC1. The van der Waals surface area contributed by atoms with Crippen LogP contribution < -0.4 is 11.1 Å². The second kappa shape index (κ2) is 6.89. The van der Waals surface area contributed by atoms with Gasteiger partial charge in [-0.05, 0) is 37.0 Å². The van der Waals surface area contributed by atoms with Crippen LogP contribution in [0.15, 0.2) is 36.5 Å². The van der Waals surface area contributed by atoms with Crippen molar-refractivity contribution in [2.75, 3.05) is 6.54 Å². The molecule has 3 N–H and O–H groups in total. The minimum Gasteiger partial charge on any atom is -0.349 e. The smallest absolute Gasteiger partial charge is 0.271 e. The predicted octanol–water partition coefficient (Wildman–Crippen LogP) is 1.90. The minimum absolute atomic E-state index is 0. The van der Waals surface area contributed by atoms with Gasteiger partial charge in [-0.2, -0.15) is 5.10 Å². The highest BCUT2D eigenvalue weighted by atomic mass is 35.5. The van der Waals surface area contributed by atoms with E-state index >= 15 is 0 Å². The molecule has 118 valence electrons. The molecule has 1 unspecified atom stereocenters. The highest BCUT2D eigenvalue weighted by Crippen LogP contribution is 2.31. The third kappa shape index (κ3) is 3.64. The van der Waals surface area contributed by atoms with Gasteiger partial charge in [-0.1, -0.05) is 12.1 Å². The number of benzene rings is 1. The molecule has 2 aromatic rings. The molecule has 1 aliphatic carbocycles. The van der Waals surface area contributed by atoms with Crippen LogP contribution in [0.2, 0.25) is 0 Å². The highest BCUT2D eigenvalue weighted by Gasteiger charge is 2.28. The molecule has 1 saturated carbocycles. The van der Waals surface area contributed by atoms with Crippen molar-refractivity contribution >= 4 is 18.3 Å². The Morgan fingerprint density at radius 1 is 1.41 bits per heavy atom. The maximum atomic E-state index is 13.7. The molecule has 1 aromatic carbocycles. The lowest BCUT2D eigenvalue weighted by Crippen LogP contribution is -2.38. The summed E-state index contributed by atoms with van der Waals surface area (Å²) in [7, 11) is 0. The standard InChI is InChI=1S/C15H17FN4O.ClH/c16-11-3-1-2-4-14(11)20-8-7-13(19-20)15(21)18-9-12(17)10-5-6-10;/h1-4,7-8,10,12H,5-6,9,17H2,(H,18,21);1H. The van der Waals surface area contributed by atoms with E-state index in [-0.39, 0.29) is 35.9 Å². The summed E-state index contributed by atoms with van der Waals surface area (Å²) < 4.78 is 15.0. The largest absolute Gasteiger partial charge is 0.349 e. The normalized spacial score (nSPS) is 15.0. The topological polar surface area (TPSA) is 72.9 Å². The number of hydrogen-bond donors (Lipinski definition) is 2. The molecule has 0 bridgehead atoms. The number of nitrogens with one attached hydrogen (secondary N) is 1. The summed E-state index contributed by atoms with van der Waals surface area (Å²) in [4.78, 5) is 12.0. The van der Waals surface area contributed by atoms with Gasteiger partial charge < -0.3 is 11.1 Å². The summed E-state index contributed by atoms with van der Waals surface area (Å²) in [5.41, 5.74) is 6.49. The molecule has 1 aromatic heterocycles. The Kier molecular flexibility index (Phi) is 5.15. The van der Waals surface area contributed by atoms with E-state index in [1.807, 2.05) is 0 Å². The zero-order valence-electron chi connectivity index (χ0n) is 11.9. The lowest BCUT2D eigenvalue weighted by Gasteiger charge is -2.10. The van der Waals surface area contributed by atoms with Crippen molar-refractivity contribution in [2.24, 2.45) is 11.7 Å². The highest BCUT2D eigenvalue weighted by molar-refractivity contribution is 5.92. The van der Waals surface area contributed by atoms with Crippen LogP contribution in [0.5, 0.6) is 0 Å². The zero-order chi connectivity index (χ0) is 14.8. The first-order chi connectivity index (χ1) is 10.1. The van der Waals surface area contributed by atoms with Crippen molar-refractivity contribution < 1.29 is 9.18 Å². The second-order valence-corrected chi connectivity index (χ2v) is 5.31. The Morgan fingerprint density at radius 3 is 2.82 bits per heavy atom. The number of carbonyl (C=O) groups is 1. The molecule has 1 atom stereocenters. The fraction of sp³-hybridized carbons (Fsp3) is 0.333. The molecule has 3 rings (SSSR count). The number of rotatable bonds is 5. The van der Waals surface area contributed by atoms with Crippen LogP contribution in [0.4, 0.5) is 4.39 Å². The molecule has 1 amide bonds. The number of aromatic nitrogens is 2. The second-order valence-electron chi connectivity index (χ2n) is 5.31. The van der Waals surface area contributed by atoms with E-state index in [2.05, 4.69) is 10.4 Å². The van der Waals surface area contributed by atoms with Crippen LogP contribution in [0.25, 0.3) is 5.69 Å². The van der Waals surface area contributed by atoms with Crippen LogP contribution in [0, 0.1) is 11.7 Å². The Labute approximate surface area is 134 Å². The molecule has 22 heavy (non-hydrogen) atoms. The van der Waals surface area contributed by atoms with Gasteiger partial charge in [-0.25, -0.2) is 9.07 Å². The summed E-state index contributed by atoms with van der Waals surface area (Å²) in [5.74, 6) is -0.147. The van der Waals surface area contributed by atoms with Crippen LogP contribution in [0.3, 0.4) is 0 Å². The van der Waals surface area contributed by atoms with Gasteiger partial charge in [0.25, 0.3) is 5.91 Å². The van der Waals surface area contributed by atoms with Crippen molar-refractivity contribution in [3.05, 3.63) is 48.0 Å². The van der Waals surface area contributed by atoms with Crippen molar-refractivity contribution in [2.45, 2.75) is 18.9 Å². The molecule has 0 radical (unpaired) electrons. The number of nitrogens with two attached hydrogens (primary N) is 1. The third-order valence-electron chi connectivity index (χ3n) is 3.65. The minimum atomic E-state index is -0.386. The molecular weight excluding hydrogens is 307 g/mol. The van der Waals surface area contributed by atoms with Gasteiger partial charge in [0.1, 0.15) is 11.5 Å². The first-order valence-corrected chi connectivity index (χ1v) is 6.99. The summed E-state index contributed by atoms with van der Waals surface area (Å²) in [6.07, 6.45) is 3.84. The van der Waals surface area contributed by atoms with Gasteiger partial charge in [0.05, 0.1) is 0 Å². The molecule has 1 heterocycles. The van der Waals surface area contributed by atoms with Crippen molar-refractivity contribution in [1.29, 1.82) is 0 Å². The van der Waals surface area contributed by atoms with E-state index in [1.54, 1.807) is 30.5 Å². The van der Waals surface area contributed by atoms with Gasteiger partial charge in [0.2, 0.25) is 0 Å². The summed E-state index contributed by atoms with van der Waals surface area (Å²) in [6, 6.07) is 7.84. The Hall–Kier alpha value is -1.92. The Bertz CT molecular complexity index is 656. The molecule has 1 fully saturated rings. The first kappa shape index (κ1) is 16.5. The van der Waals surface area contributed by atoms with E-state index < -0.39 is 0 Å². The maximum Gasteiger partial charge on any atom is 0.271 e.